The van der Waals surface area contributed by atoms with Crippen LogP contribution in [0.4, 0.5) is 34.1 Å². The van der Waals surface area contributed by atoms with Crippen molar-refractivity contribution in [1.29, 1.82) is 0 Å². The average Bonchev–Trinajstić information content (AvgIpc) is 2.43. The zero-order chi connectivity index (χ0) is 53.6. The van der Waals surface area contributed by atoms with Crippen LogP contribution in [-0.2, 0) is 5.41 Å². The first-order valence-corrected chi connectivity index (χ1v) is 31.2. The molecule has 13 aromatic rings. The summed E-state index contributed by atoms with van der Waals surface area (Å²) in [4.78, 5) is 4.79. The number of rotatable bonds is 7. The summed E-state index contributed by atoms with van der Waals surface area (Å²) in [5.74, 6) is 0. The fraction of sp³-hybridized carbons (Fsp3) is 0.178. The molecule has 0 atom stereocenters. The van der Waals surface area contributed by atoms with Crippen molar-refractivity contribution >= 4 is 124 Å². The van der Waals surface area contributed by atoms with Crippen molar-refractivity contribution in [3.63, 3.8) is 0 Å². The van der Waals surface area contributed by atoms with Gasteiger partial charge in [0, 0.05) is 49.7 Å². The third-order valence-corrected chi connectivity index (χ3v) is 19.3. The van der Waals surface area contributed by atoms with Crippen molar-refractivity contribution < 1.29 is 8.83 Å². The Hall–Kier alpha value is -8.38. The topological polar surface area (TPSA) is 32.8 Å². The van der Waals surface area contributed by atoms with Crippen molar-refractivity contribution in [2.24, 2.45) is 10.8 Å². The van der Waals surface area contributed by atoms with E-state index >= 15 is 0 Å². The van der Waals surface area contributed by atoms with Gasteiger partial charge in [0.15, 0.2) is 11.2 Å². The van der Waals surface area contributed by atoms with E-state index < -0.39 is 13.5 Å². The Balaban J connectivity index is 1.00. The highest BCUT2D eigenvalue weighted by molar-refractivity contribution is 6.90. The molecule has 4 nitrogen and oxygen atoms in total. The summed E-state index contributed by atoms with van der Waals surface area (Å²) >= 11 is 0. The van der Waals surface area contributed by atoms with E-state index in [4.69, 9.17) is 8.83 Å². The number of furan rings is 2. The molecule has 382 valence electrons. The van der Waals surface area contributed by atoms with Crippen molar-refractivity contribution in [2.45, 2.75) is 73.5 Å². The van der Waals surface area contributed by atoms with Gasteiger partial charge in [-0.3, -0.25) is 0 Å². The average molecular weight is 1030 g/mol. The van der Waals surface area contributed by atoms with E-state index in [1.54, 1.807) is 0 Å². The number of benzene rings is 11. The Bertz CT molecular complexity index is 4570. The lowest BCUT2D eigenvalue weighted by Crippen LogP contribution is -2.50. The van der Waals surface area contributed by atoms with Crippen molar-refractivity contribution in [3.05, 3.63) is 223 Å². The second kappa shape index (κ2) is 17.1. The lowest BCUT2D eigenvalue weighted by Gasteiger charge is -2.53. The number of hydrogen-bond acceptors (Lipinski definition) is 4. The summed E-state index contributed by atoms with van der Waals surface area (Å²) in [5.41, 5.74) is 15.8. The molecule has 0 N–H and O–H groups in total. The Kier molecular flexibility index (Phi) is 10.5. The van der Waals surface area contributed by atoms with Gasteiger partial charge in [-0.25, -0.2) is 0 Å². The number of para-hydroxylation sites is 6. The maximum absolute atomic E-state index is 7.11. The molecule has 0 unspecified atom stereocenters. The first-order valence-electron chi connectivity index (χ1n) is 27.7. The van der Waals surface area contributed by atoms with Gasteiger partial charge in [0.2, 0.25) is 0 Å². The second-order valence-electron chi connectivity index (χ2n) is 24.9. The van der Waals surface area contributed by atoms with Crippen molar-refractivity contribution in [2.75, 3.05) is 9.80 Å². The minimum Gasteiger partial charge on any atom is -0.454 e. The highest BCUT2D eigenvalue weighted by Crippen LogP contribution is 2.68. The molecule has 0 spiro atoms. The predicted molar refractivity (Wildman–Crippen MR) is 336 cm³/mol. The summed E-state index contributed by atoms with van der Waals surface area (Å²) < 4.78 is 14.0. The molecule has 1 aliphatic carbocycles. The monoisotopic (exact) mass is 1030 g/mol. The van der Waals surface area contributed by atoms with E-state index in [9.17, 15) is 0 Å². The standard InChI is InChI=1S/C73H64N2O2Si/c1-45-23-19-30-55-56-31-20-34-62(68(56)76-67(45)55)75(49-26-15-12-16-27-49)51-39-40-54-59(44-51)52-28-17-18-29-53(52)65-60-42-46-37-38-50(41-47(46)43-61(60)73(66(54)65,71(2,3)4)72(5,6)7)74(48-24-13-11-14-25-48)63-35-21-32-57-58-33-22-36-64(78(8,9)10)70(58)77-69(57)63/h11-44H,1-10H3. The quantitative estimate of drug-likeness (QED) is 0.118. The number of hydrogen-bond donors (Lipinski definition) is 0. The lowest BCUT2D eigenvalue weighted by molar-refractivity contribution is 0.0965. The third-order valence-electron chi connectivity index (χ3n) is 17.3. The van der Waals surface area contributed by atoms with E-state index in [0.717, 1.165) is 78.2 Å². The van der Waals surface area contributed by atoms with Gasteiger partial charge < -0.3 is 18.6 Å². The Morgan fingerprint density at radius 3 is 1.49 bits per heavy atom. The first kappa shape index (κ1) is 48.0. The van der Waals surface area contributed by atoms with Gasteiger partial charge in [0.05, 0.1) is 19.4 Å². The normalized spacial score (nSPS) is 13.6. The minimum absolute atomic E-state index is 0.225. The zero-order valence-corrected chi connectivity index (χ0v) is 47.3. The molecule has 0 radical (unpaired) electrons. The van der Waals surface area contributed by atoms with Gasteiger partial charge in [-0.15, -0.1) is 0 Å². The molecule has 2 heterocycles. The van der Waals surface area contributed by atoms with E-state index in [0.29, 0.717) is 0 Å². The van der Waals surface area contributed by atoms with Crippen LogP contribution in [-0.4, -0.2) is 8.07 Å². The maximum Gasteiger partial charge on any atom is 0.159 e. The second-order valence-corrected chi connectivity index (χ2v) is 30.0. The van der Waals surface area contributed by atoms with Crippen LogP contribution in [0, 0.1) is 17.8 Å². The Morgan fingerprint density at radius 2 is 0.885 bits per heavy atom. The molecule has 0 fully saturated rings. The summed E-state index contributed by atoms with van der Waals surface area (Å²) in [6.07, 6.45) is 0. The fourth-order valence-corrected chi connectivity index (χ4v) is 15.9. The van der Waals surface area contributed by atoms with Crippen molar-refractivity contribution in [1.82, 2.24) is 0 Å². The molecular formula is C73H64N2O2Si. The molecule has 1 aliphatic rings. The molecule has 2 aromatic heterocycles. The number of anilines is 6. The minimum atomic E-state index is -1.73. The van der Waals surface area contributed by atoms with Gasteiger partial charge >= 0.3 is 0 Å². The maximum atomic E-state index is 7.11. The first-order chi connectivity index (χ1) is 37.5. The van der Waals surface area contributed by atoms with E-state index in [-0.39, 0.29) is 10.8 Å². The van der Waals surface area contributed by atoms with Gasteiger partial charge in [-0.05, 0) is 156 Å². The van der Waals surface area contributed by atoms with E-state index in [1.165, 1.54) is 65.1 Å². The zero-order valence-electron chi connectivity index (χ0n) is 46.3. The lowest BCUT2D eigenvalue weighted by atomic mass is 9.49. The van der Waals surface area contributed by atoms with Crippen LogP contribution in [0.1, 0.15) is 58.2 Å². The highest BCUT2D eigenvalue weighted by Gasteiger charge is 2.59. The number of aryl methyl sites for hydroxylation is 1. The van der Waals surface area contributed by atoms with Gasteiger partial charge in [-0.1, -0.05) is 195 Å². The van der Waals surface area contributed by atoms with Crippen LogP contribution in [0.15, 0.2) is 215 Å². The molecule has 78 heavy (non-hydrogen) atoms. The van der Waals surface area contributed by atoms with Crippen LogP contribution in [0.3, 0.4) is 0 Å². The molecular weight excluding hydrogens is 965 g/mol. The van der Waals surface area contributed by atoms with Crippen LogP contribution in [0.2, 0.25) is 19.6 Å². The van der Waals surface area contributed by atoms with E-state index in [1.807, 2.05) is 0 Å². The molecule has 5 heteroatoms. The van der Waals surface area contributed by atoms with Gasteiger partial charge in [0.25, 0.3) is 0 Å². The predicted octanol–water partition coefficient (Wildman–Crippen LogP) is 21.1. The summed E-state index contributed by atoms with van der Waals surface area (Å²) in [6, 6.07) is 76.4. The number of fused-ring (bicyclic) bond motifs is 15. The number of nitrogens with zero attached hydrogens (tertiary/aromatic N) is 2. The van der Waals surface area contributed by atoms with Crippen molar-refractivity contribution in [3.8, 4) is 11.1 Å². The van der Waals surface area contributed by atoms with Crippen LogP contribution >= 0.6 is 0 Å². The summed E-state index contributed by atoms with van der Waals surface area (Å²) in [6.45, 7) is 24.2. The molecule has 0 aliphatic heterocycles. The molecule has 14 rings (SSSR count). The highest BCUT2D eigenvalue weighted by atomic mass is 28.3. The SMILES string of the molecule is Cc1cccc2c1oc1c(N(c3ccccc3)c3ccc4c5c(c6ccccc6c4c3)-c3cc4ccc(N(c6ccccc6)c6cccc7c6oc6c([Si](C)(C)C)cccc67)cc4cc3C5(C(C)(C)C)C(C)(C)C)cccc12. The molecule has 0 saturated carbocycles. The molecule has 0 bridgehead atoms. The molecule has 11 aromatic carbocycles. The smallest absolute Gasteiger partial charge is 0.159 e. The Morgan fingerprint density at radius 1 is 0.385 bits per heavy atom. The van der Waals surface area contributed by atoms with Crippen LogP contribution < -0.4 is 15.0 Å². The Labute approximate surface area is 458 Å². The van der Waals surface area contributed by atoms with Crippen LogP contribution in [0.5, 0.6) is 0 Å². The van der Waals surface area contributed by atoms with Gasteiger partial charge in [-0.2, -0.15) is 0 Å². The summed E-state index contributed by atoms with van der Waals surface area (Å²) in [5, 5.41) is 13.4. The van der Waals surface area contributed by atoms with Gasteiger partial charge in [0.1, 0.15) is 11.2 Å². The van der Waals surface area contributed by atoms with Crippen LogP contribution in [0.25, 0.3) is 87.3 Å². The summed E-state index contributed by atoms with van der Waals surface area (Å²) in [7, 11) is -1.73. The van der Waals surface area contributed by atoms with E-state index in [2.05, 4.69) is 284 Å². The fourth-order valence-electron chi connectivity index (χ4n) is 14.4. The molecule has 0 amide bonds. The largest absolute Gasteiger partial charge is 0.454 e. The third kappa shape index (κ3) is 6.89. The molecule has 0 saturated heterocycles.